The first-order chi connectivity index (χ1) is 9.88. The molecule has 1 rings (SSSR count). The van der Waals surface area contributed by atoms with Gasteiger partial charge in [0.05, 0.1) is 25.5 Å². The number of methoxy groups -OCH3 is 2. The van der Waals surface area contributed by atoms with Crippen LogP contribution in [-0.2, 0) is 4.79 Å². The Bertz CT molecular complexity index is 535. The molecule has 1 atom stereocenters. The molecule has 0 radical (unpaired) electrons. The molecule has 0 saturated heterocycles. The molecule has 2 amide bonds. The number of carbonyl (C=O) groups is 2. The van der Waals surface area contributed by atoms with Gasteiger partial charge in [0, 0.05) is 18.5 Å². The fourth-order valence-electron chi connectivity index (χ4n) is 1.76. The predicted molar refractivity (Wildman–Crippen MR) is 86.8 cm³/mol. The fourth-order valence-corrected chi connectivity index (χ4v) is 1.76. The highest BCUT2D eigenvalue weighted by atomic mass is 35.5. The summed E-state index contributed by atoms with van der Waals surface area (Å²) < 4.78 is 10.2. The van der Waals surface area contributed by atoms with Gasteiger partial charge in [-0.05, 0) is 19.4 Å². The lowest BCUT2D eigenvalue weighted by Crippen LogP contribution is -2.21. The van der Waals surface area contributed by atoms with Gasteiger partial charge in [0.15, 0.2) is 11.5 Å². The zero-order valence-corrected chi connectivity index (χ0v) is 13.7. The molecule has 1 unspecified atom stereocenters. The van der Waals surface area contributed by atoms with Gasteiger partial charge in [0.25, 0.3) is 5.91 Å². The molecule has 1 aromatic carbocycles. The average molecular weight is 332 g/mol. The van der Waals surface area contributed by atoms with Crippen LogP contribution in [0.3, 0.4) is 0 Å². The minimum atomic E-state index is -0.668. The van der Waals surface area contributed by atoms with Crippen molar-refractivity contribution in [2.45, 2.75) is 25.8 Å². The molecule has 1 aromatic rings. The summed E-state index contributed by atoms with van der Waals surface area (Å²) in [6, 6.07) is 2.86. The number of halogens is 1. The van der Waals surface area contributed by atoms with E-state index in [1.807, 2.05) is 6.92 Å². The van der Waals surface area contributed by atoms with Crippen molar-refractivity contribution in [2.24, 2.45) is 11.5 Å². The molecule has 0 bridgehead atoms. The van der Waals surface area contributed by atoms with Crippen LogP contribution in [0, 0.1) is 0 Å². The Kier molecular flexibility index (Phi) is 8.29. The Morgan fingerprint density at radius 1 is 1.23 bits per heavy atom. The number of hydrogen-bond acceptors (Lipinski definition) is 5. The third kappa shape index (κ3) is 5.42. The number of anilines is 1. The average Bonchev–Trinajstić information content (AvgIpc) is 2.44. The van der Waals surface area contributed by atoms with Crippen molar-refractivity contribution in [3.8, 4) is 11.5 Å². The lowest BCUT2D eigenvalue weighted by atomic mass is 10.1. The molecule has 5 N–H and O–H groups in total. The Hall–Kier alpha value is -1.99. The molecule has 0 aliphatic carbocycles. The van der Waals surface area contributed by atoms with Crippen LogP contribution in [0.15, 0.2) is 12.1 Å². The second kappa shape index (κ2) is 9.11. The molecule has 0 fully saturated rings. The number of ether oxygens (including phenoxy) is 2. The molecule has 124 valence electrons. The Labute approximate surface area is 135 Å². The van der Waals surface area contributed by atoms with Gasteiger partial charge in [-0.2, -0.15) is 0 Å². The summed E-state index contributed by atoms with van der Waals surface area (Å²) in [5, 5.41) is 2.64. The van der Waals surface area contributed by atoms with Crippen LogP contribution in [0.2, 0.25) is 0 Å². The van der Waals surface area contributed by atoms with Crippen LogP contribution in [0.1, 0.15) is 30.1 Å². The zero-order chi connectivity index (χ0) is 16.0. The second-order valence-electron chi connectivity index (χ2n) is 4.68. The van der Waals surface area contributed by atoms with Gasteiger partial charge in [-0.25, -0.2) is 0 Å². The smallest absolute Gasteiger partial charge is 0.250 e. The molecule has 0 aliphatic rings. The molecule has 8 heteroatoms. The summed E-state index contributed by atoms with van der Waals surface area (Å²) >= 11 is 0. The largest absolute Gasteiger partial charge is 0.493 e. The standard InChI is InChI=1S/C14H21N3O4.ClH/c1-8(15)4-5-13(18)17-10-7-12(21-3)11(20-2)6-9(10)14(16)19;/h6-8H,4-5,15H2,1-3H3,(H2,16,19)(H,17,18);1H. The number of hydrogen-bond donors (Lipinski definition) is 3. The Morgan fingerprint density at radius 2 is 1.77 bits per heavy atom. The van der Waals surface area contributed by atoms with E-state index in [4.69, 9.17) is 20.9 Å². The van der Waals surface area contributed by atoms with Crippen LogP contribution in [-0.4, -0.2) is 32.1 Å². The van der Waals surface area contributed by atoms with Crippen molar-refractivity contribution in [3.05, 3.63) is 17.7 Å². The summed E-state index contributed by atoms with van der Waals surface area (Å²) in [6.07, 6.45) is 0.801. The lowest BCUT2D eigenvalue weighted by molar-refractivity contribution is -0.116. The number of rotatable bonds is 7. The highest BCUT2D eigenvalue weighted by molar-refractivity contribution is 6.03. The van der Waals surface area contributed by atoms with Crippen LogP contribution < -0.4 is 26.3 Å². The summed E-state index contributed by atoms with van der Waals surface area (Å²) in [4.78, 5) is 23.3. The van der Waals surface area contributed by atoms with Gasteiger partial charge >= 0.3 is 0 Å². The molecule has 22 heavy (non-hydrogen) atoms. The normalized spacial score (nSPS) is 11.1. The molecule has 0 aliphatic heterocycles. The van der Waals surface area contributed by atoms with Gasteiger partial charge < -0.3 is 26.3 Å². The number of amides is 2. The predicted octanol–water partition coefficient (Wildman–Crippen LogP) is 1.29. The number of primary amides is 1. The first-order valence-electron chi connectivity index (χ1n) is 6.50. The minimum Gasteiger partial charge on any atom is -0.493 e. The van der Waals surface area contributed by atoms with E-state index in [0.717, 1.165) is 0 Å². The molecular formula is C14H22ClN3O4. The zero-order valence-electron chi connectivity index (χ0n) is 12.8. The van der Waals surface area contributed by atoms with E-state index in [2.05, 4.69) is 5.32 Å². The maximum atomic E-state index is 11.9. The quantitative estimate of drug-likeness (QED) is 0.696. The van der Waals surface area contributed by atoms with Gasteiger partial charge in [-0.3, -0.25) is 9.59 Å². The van der Waals surface area contributed by atoms with Crippen molar-refractivity contribution in [1.29, 1.82) is 0 Å². The highest BCUT2D eigenvalue weighted by Crippen LogP contribution is 2.33. The molecule has 0 aromatic heterocycles. The maximum Gasteiger partial charge on any atom is 0.250 e. The van der Waals surface area contributed by atoms with Crippen molar-refractivity contribution >= 4 is 29.9 Å². The Morgan fingerprint density at radius 3 is 2.23 bits per heavy atom. The van der Waals surface area contributed by atoms with E-state index in [1.54, 1.807) is 0 Å². The third-order valence-corrected chi connectivity index (χ3v) is 2.89. The summed E-state index contributed by atoms with van der Waals surface area (Å²) in [7, 11) is 2.91. The van der Waals surface area contributed by atoms with Gasteiger partial charge in [-0.1, -0.05) is 0 Å². The van der Waals surface area contributed by atoms with Crippen molar-refractivity contribution in [3.63, 3.8) is 0 Å². The maximum absolute atomic E-state index is 11.9. The molecule has 7 nitrogen and oxygen atoms in total. The number of benzene rings is 1. The topological polar surface area (TPSA) is 117 Å². The van der Waals surface area contributed by atoms with Crippen LogP contribution in [0.5, 0.6) is 11.5 Å². The summed E-state index contributed by atoms with van der Waals surface area (Å²) in [5.41, 5.74) is 11.4. The Balaban J connectivity index is 0.00000441. The highest BCUT2D eigenvalue weighted by Gasteiger charge is 2.16. The van der Waals surface area contributed by atoms with Gasteiger partial charge in [0.2, 0.25) is 5.91 Å². The lowest BCUT2D eigenvalue weighted by Gasteiger charge is -2.14. The minimum absolute atomic E-state index is 0. The number of carbonyl (C=O) groups excluding carboxylic acids is 2. The second-order valence-corrected chi connectivity index (χ2v) is 4.68. The van der Waals surface area contributed by atoms with Crippen LogP contribution in [0.25, 0.3) is 0 Å². The van der Waals surface area contributed by atoms with E-state index >= 15 is 0 Å². The molecule has 0 heterocycles. The summed E-state index contributed by atoms with van der Waals surface area (Å²) in [6.45, 7) is 1.82. The van der Waals surface area contributed by atoms with E-state index in [0.29, 0.717) is 17.9 Å². The molecular weight excluding hydrogens is 310 g/mol. The molecule has 0 spiro atoms. The first-order valence-corrected chi connectivity index (χ1v) is 6.50. The first kappa shape index (κ1) is 20.0. The van der Waals surface area contributed by atoms with Crippen molar-refractivity contribution in [1.82, 2.24) is 0 Å². The third-order valence-electron chi connectivity index (χ3n) is 2.89. The number of nitrogens with two attached hydrogens (primary N) is 2. The van der Waals surface area contributed by atoms with Gasteiger partial charge in [0.1, 0.15) is 0 Å². The fraction of sp³-hybridized carbons (Fsp3) is 0.429. The van der Waals surface area contributed by atoms with E-state index < -0.39 is 5.91 Å². The van der Waals surface area contributed by atoms with Crippen LogP contribution >= 0.6 is 12.4 Å². The van der Waals surface area contributed by atoms with Crippen molar-refractivity contribution < 1.29 is 19.1 Å². The SMILES string of the molecule is COc1cc(NC(=O)CCC(C)N)c(C(N)=O)cc1OC.Cl. The number of nitrogens with one attached hydrogen (secondary N) is 1. The van der Waals surface area contributed by atoms with E-state index in [1.165, 1.54) is 26.4 Å². The van der Waals surface area contributed by atoms with Crippen LogP contribution in [0.4, 0.5) is 5.69 Å². The van der Waals surface area contributed by atoms with E-state index in [9.17, 15) is 9.59 Å². The molecule has 0 saturated carbocycles. The summed E-state index contributed by atoms with van der Waals surface area (Å²) in [5.74, 6) is -0.162. The van der Waals surface area contributed by atoms with Crippen molar-refractivity contribution in [2.75, 3.05) is 19.5 Å². The van der Waals surface area contributed by atoms with Gasteiger partial charge in [-0.15, -0.1) is 12.4 Å². The van der Waals surface area contributed by atoms with E-state index in [-0.39, 0.29) is 42.0 Å². The monoisotopic (exact) mass is 331 g/mol.